The van der Waals surface area contributed by atoms with Crippen molar-refractivity contribution in [3.63, 3.8) is 0 Å². The topological polar surface area (TPSA) is 23.5 Å². The number of anilines is 1. The Morgan fingerprint density at radius 1 is 1.27 bits per heavy atom. The molecular weight excluding hydrogens is 322 g/mol. The molecule has 1 atom stereocenters. The zero-order valence-electron chi connectivity index (χ0n) is 8.29. The van der Waals surface area contributed by atoms with Gasteiger partial charge >= 0.3 is 0 Å². The summed E-state index contributed by atoms with van der Waals surface area (Å²) in [6.45, 7) is 1.28. The van der Waals surface area contributed by atoms with Crippen LogP contribution in [0.1, 0.15) is 12.8 Å². The largest absolute Gasteiger partial charge is 0.394 e. The Morgan fingerprint density at radius 3 is 2.53 bits per heavy atom. The smallest absolute Gasteiger partial charge is 0.0635 e. The first kappa shape index (κ1) is 11.4. The lowest BCUT2D eigenvalue weighted by Gasteiger charge is -2.25. The van der Waals surface area contributed by atoms with E-state index in [1.54, 1.807) is 0 Å². The Hall–Kier alpha value is -0.0600. The van der Waals surface area contributed by atoms with Crippen molar-refractivity contribution >= 4 is 37.5 Å². The summed E-state index contributed by atoms with van der Waals surface area (Å²) in [7, 11) is 0. The Labute approximate surface area is 107 Å². The van der Waals surface area contributed by atoms with Gasteiger partial charge in [-0.2, -0.15) is 0 Å². The van der Waals surface area contributed by atoms with Crippen LogP contribution in [0.5, 0.6) is 0 Å². The van der Waals surface area contributed by atoms with E-state index in [9.17, 15) is 5.11 Å². The minimum Gasteiger partial charge on any atom is -0.394 e. The third-order valence-electron chi connectivity index (χ3n) is 2.77. The monoisotopic (exact) mass is 333 g/mol. The number of rotatable bonds is 2. The Kier molecular flexibility index (Phi) is 3.69. The number of aliphatic hydroxyl groups excluding tert-OH is 1. The van der Waals surface area contributed by atoms with Gasteiger partial charge in [0.05, 0.1) is 12.6 Å². The molecule has 0 radical (unpaired) electrons. The average Bonchev–Trinajstić information content (AvgIpc) is 2.63. The molecule has 1 aromatic rings. The highest BCUT2D eigenvalue weighted by Crippen LogP contribution is 2.30. The molecule has 1 aliphatic rings. The summed E-state index contributed by atoms with van der Waals surface area (Å²) in [5.41, 5.74) is 1.17. The molecule has 1 aliphatic heterocycles. The Morgan fingerprint density at radius 2 is 1.93 bits per heavy atom. The van der Waals surface area contributed by atoms with E-state index in [1.165, 1.54) is 5.69 Å². The number of hydrogen-bond donors (Lipinski definition) is 1. The predicted octanol–water partition coefficient (Wildman–Crippen LogP) is 3.17. The van der Waals surface area contributed by atoms with E-state index >= 15 is 0 Å². The Bertz CT molecular complexity index is 336. The van der Waals surface area contributed by atoms with E-state index in [0.29, 0.717) is 0 Å². The molecule has 82 valence electrons. The molecule has 15 heavy (non-hydrogen) atoms. The molecule has 2 nitrogen and oxygen atoms in total. The number of aliphatic hydroxyl groups is 1. The molecule has 0 aliphatic carbocycles. The van der Waals surface area contributed by atoms with E-state index in [0.717, 1.165) is 28.3 Å². The first-order chi connectivity index (χ1) is 7.20. The van der Waals surface area contributed by atoms with E-state index in [1.807, 2.05) is 6.07 Å². The highest BCUT2D eigenvalue weighted by atomic mass is 79.9. The summed E-state index contributed by atoms with van der Waals surface area (Å²) < 4.78 is 2.13. The molecule has 1 heterocycles. The van der Waals surface area contributed by atoms with E-state index in [2.05, 4.69) is 48.9 Å². The summed E-state index contributed by atoms with van der Waals surface area (Å²) in [5, 5.41) is 9.27. The molecule has 0 amide bonds. The van der Waals surface area contributed by atoms with Gasteiger partial charge in [0.25, 0.3) is 0 Å². The highest BCUT2D eigenvalue weighted by Gasteiger charge is 2.24. The van der Waals surface area contributed by atoms with E-state index in [-0.39, 0.29) is 12.6 Å². The lowest BCUT2D eigenvalue weighted by molar-refractivity contribution is 0.266. The summed E-state index contributed by atoms with van der Waals surface area (Å²) in [5.74, 6) is 0. The van der Waals surface area contributed by atoms with Gasteiger partial charge in [-0.05, 0) is 31.0 Å². The van der Waals surface area contributed by atoms with Crippen LogP contribution >= 0.6 is 31.9 Å². The SMILES string of the molecule is OC[C@@H]1CCCN1c1cc(Br)cc(Br)c1. The van der Waals surface area contributed by atoms with Gasteiger partial charge in [-0.1, -0.05) is 31.9 Å². The molecular formula is C11H13Br2NO. The second kappa shape index (κ2) is 4.85. The molecule has 1 fully saturated rings. The van der Waals surface area contributed by atoms with Crippen molar-refractivity contribution in [3.05, 3.63) is 27.1 Å². The fourth-order valence-electron chi connectivity index (χ4n) is 2.07. The van der Waals surface area contributed by atoms with Crippen LogP contribution in [0.15, 0.2) is 27.1 Å². The molecule has 0 unspecified atom stereocenters. The lowest BCUT2D eigenvalue weighted by atomic mass is 10.2. The zero-order valence-corrected chi connectivity index (χ0v) is 11.5. The van der Waals surface area contributed by atoms with Crippen LogP contribution in [0.4, 0.5) is 5.69 Å². The molecule has 1 saturated heterocycles. The van der Waals surface area contributed by atoms with Crippen molar-refractivity contribution in [1.29, 1.82) is 0 Å². The van der Waals surface area contributed by atoms with Crippen LogP contribution in [-0.4, -0.2) is 24.3 Å². The van der Waals surface area contributed by atoms with Gasteiger partial charge in [-0.15, -0.1) is 0 Å². The second-order valence-corrected chi connectivity index (χ2v) is 5.63. The van der Waals surface area contributed by atoms with Crippen LogP contribution in [0, 0.1) is 0 Å². The molecule has 2 rings (SSSR count). The molecule has 1 aromatic carbocycles. The van der Waals surface area contributed by atoms with Gasteiger partial charge in [0.2, 0.25) is 0 Å². The number of benzene rings is 1. The van der Waals surface area contributed by atoms with Crippen LogP contribution < -0.4 is 4.90 Å². The minimum absolute atomic E-state index is 0.240. The third kappa shape index (κ3) is 2.55. The number of hydrogen-bond acceptors (Lipinski definition) is 2. The minimum atomic E-state index is 0.240. The van der Waals surface area contributed by atoms with Crippen LogP contribution in [0.2, 0.25) is 0 Å². The van der Waals surface area contributed by atoms with E-state index in [4.69, 9.17) is 0 Å². The van der Waals surface area contributed by atoms with Gasteiger partial charge in [-0.3, -0.25) is 0 Å². The van der Waals surface area contributed by atoms with Crippen LogP contribution in [0.25, 0.3) is 0 Å². The summed E-state index contributed by atoms with van der Waals surface area (Å²) in [6.07, 6.45) is 2.25. The predicted molar refractivity (Wildman–Crippen MR) is 69.3 cm³/mol. The fourth-order valence-corrected chi connectivity index (χ4v) is 3.34. The molecule has 0 aromatic heterocycles. The molecule has 0 saturated carbocycles. The van der Waals surface area contributed by atoms with Crippen molar-refractivity contribution in [2.45, 2.75) is 18.9 Å². The zero-order chi connectivity index (χ0) is 10.8. The van der Waals surface area contributed by atoms with Crippen molar-refractivity contribution in [2.24, 2.45) is 0 Å². The first-order valence-corrected chi connectivity index (χ1v) is 6.63. The van der Waals surface area contributed by atoms with Crippen LogP contribution in [0.3, 0.4) is 0 Å². The van der Waals surface area contributed by atoms with Gasteiger partial charge in [0, 0.05) is 21.2 Å². The summed E-state index contributed by atoms with van der Waals surface area (Å²) >= 11 is 6.97. The maximum absolute atomic E-state index is 9.27. The van der Waals surface area contributed by atoms with Gasteiger partial charge in [-0.25, -0.2) is 0 Å². The highest BCUT2D eigenvalue weighted by molar-refractivity contribution is 9.11. The normalized spacial score (nSPS) is 21.0. The van der Waals surface area contributed by atoms with Crippen molar-refractivity contribution < 1.29 is 5.11 Å². The van der Waals surface area contributed by atoms with Crippen molar-refractivity contribution in [3.8, 4) is 0 Å². The third-order valence-corrected chi connectivity index (χ3v) is 3.68. The second-order valence-electron chi connectivity index (χ2n) is 3.80. The van der Waals surface area contributed by atoms with E-state index < -0.39 is 0 Å². The molecule has 1 N–H and O–H groups in total. The Balaban J connectivity index is 2.28. The summed E-state index contributed by atoms with van der Waals surface area (Å²) in [4.78, 5) is 2.27. The maximum Gasteiger partial charge on any atom is 0.0635 e. The summed E-state index contributed by atoms with van der Waals surface area (Å²) in [6, 6.07) is 6.50. The first-order valence-electron chi connectivity index (χ1n) is 5.04. The fraction of sp³-hybridized carbons (Fsp3) is 0.455. The van der Waals surface area contributed by atoms with Gasteiger partial charge < -0.3 is 10.0 Å². The number of halogens is 2. The molecule has 0 bridgehead atoms. The maximum atomic E-state index is 9.27. The molecule has 4 heteroatoms. The van der Waals surface area contributed by atoms with Crippen LogP contribution in [-0.2, 0) is 0 Å². The van der Waals surface area contributed by atoms with Crippen molar-refractivity contribution in [2.75, 3.05) is 18.1 Å². The van der Waals surface area contributed by atoms with Crippen molar-refractivity contribution in [1.82, 2.24) is 0 Å². The quantitative estimate of drug-likeness (QED) is 0.898. The van der Waals surface area contributed by atoms with Gasteiger partial charge in [0.1, 0.15) is 0 Å². The lowest BCUT2D eigenvalue weighted by Crippen LogP contribution is -2.31. The average molecular weight is 335 g/mol. The molecule has 0 spiro atoms. The number of nitrogens with zero attached hydrogens (tertiary/aromatic N) is 1. The standard InChI is InChI=1S/C11H13Br2NO/c12-8-4-9(13)6-11(5-8)14-3-1-2-10(14)7-15/h4-6,10,15H,1-3,7H2/t10-/m0/s1. The van der Waals surface area contributed by atoms with Gasteiger partial charge in [0.15, 0.2) is 0 Å².